The van der Waals surface area contributed by atoms with Crippen molar-refractivity contribution in [2.45, 2.75) is 56.1 Å². The number of hydrogen-bond donors (Lipinski definition) is 3. The second-order valence-electron chi connectivity index (χ2n) is 10.2. The van der Waals surface area contributed by atoms with Crippen LogP contribution in [0.3, 0.4) is 0 Å². The molecule has 8 nitrogen and oxygen atoms in total. The van der Waals surface area contributed by atoms with Gasteiger partial charge in [-0.2, -0.15) is 0 Å². The molecule has 39 heavy (non-hydrogen) atoms. The molecule has 2 aromatic rings. The van der Waals surface area contributed by atoms with Gasteiger partial charge in [-0.05, 0) is 56.0 Å². The molecule has 0 spiro atoms. The van der Waals surface area contributed by atoms with E-state index in [1.165, 1.54) is 16.0 Å². The molecule has 2 aromatic carbocycles. The second-order valence-corrected chi connectivity index (χ2v) is 13.5. The molecule has 218 valence electrons. The van der Waals surface area contributed by atoms with Crippen molar-refractivity contribution < 1.29 is 29.4 Å². The van der Waals surface area contributed by atoms with Crippen molar-refractivity contribution in [1.29, 1.82) is 0 Å². The fourth-order valence-corrected chi connectivity index (χ4v) is 7.23. The summed E-state index contributed by atoms with van der Waals surface area (Å²) in [6.07, 6.45) is 5.04. The van der Waals surface area contributed by atoms with E-state index in [9.17, 15) is 18.1 Å². The summed E-state index contributed by atoms with van der Waals surface area (Å²) in [5, 5.41) is 4.08. The Balaban J connectivity index is 0.00000280. The zero-order valence-electron chi connectivity index (χ0n) is 22.7. The summed E-state index contributed by atoms with van der Waals surface area (Å²) in [6, 6.07) is 13.2. The normalized spacial score (nSPS) is 19.9. The lowest BCUT2D eigenvalue weighted by Gasteiger charge is -2.47. The van der Waals surface area contributed by atoms with Crippen molar-refractivity contribution in [3.63, 3.8) is 0 Å². The number of amides is 1. The fraction of sp³-hybridized carbons (Fsp3) is 0.464. The van der Waals surface area contributed by atoms with Gasteiger partial charge in [-0.3, -0.25) is 18.1 Å². The summed E-state index contributed by atoms with van der Waals surface area (Å²) < 4.78 is 51.5. The number of anilines is 1. The second kappa shape index (κ2) is 12.9. The molecule has 0 saturated carbocycles. The van der Waals surface area contributed by atoms with Crippen LogP contribution in [0, 0.1) is 6.92 Å². The van der Waals surface area contributed by atoms with Crippen LogP contribution < -0.4 is 10.2 Å². The summed E-state index contributed by atoms with van der Waals surface area (Å²) in [4.78, 5) is 15.4. The molecule has 2 aliphatic rings. The largest absolute Gasteiger partial charge is 0.412 e. The number of benzene rings is 2. The molecule has 2 saturated heterocycles. The van der Waals surface area contributed by atoms with Gasteiger partial charge in [0.05, 0.1) is 4.90 Å². The van der Waals surface area contributed by atoms with E-state index in [-0.39, 0.29) is 32.8 Å². The summed E-state index contributed by atoms with van der Waals surface area (Å²) in [5.41, 5.74) is 1.65. The number of carbonyl (C=O) groups is 1. The number of nitrogens with zero attached hydrogens (tertiary/aromatic N) is 2. The maximum Gasteiger partial charge on any atom is 0.258 e. The van der Waals surface area contributed by atoms with Crippen LogP contribution >= 0.6 is 10.8 Å². The van der Waals surface area contributed by atoms with Crippen molar-refractivity contribution in [1.82, 2.24) is 9.62 Å². The minimum atomic E-state index is -3.44. The van der Waals surface area contributed by atoms with Gasteiger partial charge in [0, 0.05) is 80.2 Å². The highest BCUT2D eigenvalue weighted by molar-refractivity contribution is 8.22. The van der Waals surface area contributed by atoms with Crippen molar-refractivity contribution >= 4 is 33.2 Å². The zero-order valence-corrected chi connectivity index (χ0v) is 24.4. The van der Waals surface area contributed by atoms with Crippen LogP contribution in [-0.4, -0.2) is 73.1 Å². The molecule has 0 radical (unpaired) electrons. The van der Waals surface area contributed by atoms with Gasteiger partial charge in [0.25, 0.3) is 5.91 Å². The third-order valence-corrected chi connectivity index (χ3v) is 9.94. The lowest BCUT2D eigenvalue weighted by molar-refractivity contribution is -0.135. The third kappa shape index (κ3) is 7.08. The monoisotopic (exact) mass is 583 g/mol. The molecule has 1 amide bonds. The highest BCUT2D eigenvalue weighted by Crippen LogP contribution is 2.57. The van der Waals surface area contributed by atoms with E-state index in [1.807, 2.05) is 43.3 Å². The summed E-state index contributed by atoms with van der Waals surface area (Å²) in [7, 11) is -4.60. The standard InChI is InChI=1S/C28H38FN3O4S2.H2O.H2/c1-21-8-4-5-9-24(21)25-20-23(31-15-6-7-16-31)10-11-26(25)38(35,36)32-17-13-28(29,14-18-32)27(33)30-22(2)12-19-37(3)34;;/h4-5,8-12,19-20,22,35-36H,6-7,13-18H2,1-3H3,(H,30,33);1H2;1H/b19-12-;;/t22-,37?;;/m1../s1. The Morgan fingerprint density at radius 3 is 2.38 bits per heavy atom. The third-order valence-electron chi connectivity index (χ3n) is 7.36. The van der Waals surface area contributed by atoms with Gasteiger partial charge >= 0.3 is 0 Å². The summed E-state index contributed by atoms with van der Waals surface area (Å²) in [5.74, 6) is -0.733. The lowest BCUT2D eigenvalue weighted by Crippen LogP contribution is -2.52. The van der Waals surface area contributed by atoms with Crippen LogP contribution in [-0.2, 0) is 15.6 Å². The first-order valence-electron chi connectivity index (χ1n) is 13.0. The first kappa shape index (κ1) is 31.3. The van der Waals surface area contributed by atoms with Crippen LogP contribution in [0.15, 0.2) is 58.8 Å². The molecule has 2 fully saturated rings. The average molecular weight is 584 g/mol. The van der Waals surface area contributed by atoms with E-state index in [4.69, 9.17) is 0 Å². The van der Waals surface area contributed by atoms with Crippen molar-refractivity contribution in [3.05, 3.63) is 59.5 Å². The Hall–Kier alpha value is -2.28. The number of nitrogens with one attached hydrogen (secondary N) is 1. The fourth-order valence-electron chi connectivity index (χ4n) is 5.09. The molecular weight excluding hydrogens is 541 g/mol. The maximum atomic E-state index is 15.6. The number of aryl methyl sites for hydroxylation is 1. The molecular formula is C28H42FN3O5S2. The molecule has 0 aliphatic carbocycles. The van der Waals surface area contributed by atoms with E-state index < -0.39 is 39.2 Å². The van der Waals surface area contributed by atoms with E-state index in [0.717, 1.165) is 48.3 Å². The zero-order chi connectivity index (χ0) is 27.5. The van der Waals surface area contributed by atoms with Crippen LogP contribution in [0.25, 0.3) is 11.1 Å². The molecule has 0 bridgehead atoms. The highest BCUT2D eigenvalue weighted by atomic mass is 32.3. The number of alkyl halides is 1. The van der Waals surface area contributed by atoms with Gasteiger partial charge in [0.2, 0.25) is 0 Å². The minimum Gasteiger partial charge on any atom is -0.412 e. The van der Waals surface area contributed by atoms with Crippen molar-refractivity contribution in [2.75, 3.05) is 37.3 Å². The smallest absolute Gasteiger partial charge is 0.258 e. The number of halogens is 1. The molecule has 2 atom stereocenters. The van der Waals surface area contributed by atoms with Gasteiger partial charge in [0.15, 0.2) is 5.67 Å². The molecule has 11 heteroatoms. The number of rotatable bonds is 8. The SMILES string of the molecule is Cc1ccccc1-c1cc(N2CCCC2)ccc1S(O)(O)N1CCC(F)(C(=O)N[C@H](C)/C=C\S(C)=O)CC1.O.[HH]. The Bertz CT molecular complexity index is 1220. The quantitative estimate of drug-likeness (QED) is 0.406. The molecule has 1 unspecified atom stereocenters. The van der Waals surface area contributed by atoms with Gasteiger partial charge in [-0.15, -0.1) is 10.8 Å². The predicted octanol–water partition coefficient (Wildman–Crippen LogP) is 4.91. The lowest BCUT2D eigenvalue weighted by atomic mass is 9.93. The van der Waals surface area contributed by atoms with E-state index in [2.05, 4.69) is 10.2 Å². The van der Waals surface area contributed by atoms with E-state index >= 15 is 4.39 Å². The maximum absolute atomic E-state index is 15.6. The first-order chi connectivity index (χ1) is 18.0. The molecule has 5 N–H and O–H groups in total. The van der Waals surface area contributed by atoms with Gasteiger partial charge in [-0.25, -0.2) is 8.70 Å². The van der Waals surface area contributed by atoms with Gasteiger partial charge in [-0.1, -0.05) is 30.3 Å². The Labute approximate surface area is 236 Å². The molecule has 4 rings (SSSR count). The molecule has 2 heterocycles. The number of hydrogen-bond acceptors (Lipinski definition) is 6. The predicted molar refractivity (Wildman–Crippen MR) is 160 cm³/mol. The molecule has 2 aliphatic heterocycles. The number of carbonyl (C=O) groups excluding carboxylic acids is 1. The van der Waals surface area contributed by atoms with Gasteiger partial charge in [0.1, 0.15) is 0 Å². The van der Waals surface area contributed by atoms with Crippen LogP contribution in [0.1, 0.15) is 39.6 Å². The summed E-state index contributed by atoms with van der Waals surface area (Å²) >= 11 is 0. The Morgan fingerprint density at radius 1 is 1.13 bits per heavy atom. The Kier molecular flexibility index (Phi) is 10.4. The topological polar surface area (TPSA) is 125 Å². The van der Waals surface area contributed by atoms with Crippen LogP contribution in [0.4, 0.5) is 10.1 Å². The van der Waals surface area contributed by atoms with E-state index in [1.54, 1.807) is 19.1 Å². The number of piperidine rings is 1. The highest BCUT2D eigenvalue weighted by Gasteiger charge is 2.45. The summed E-state index contributed by atoms with van der Waals surface area (Å²) in [6.45, 7) is 5.68. The van der Waals surface area contributed by atoms with Crippen LogP contribution in [0.2, 0.25) is 0 Å². The minimum absolute atomic E-state index is 0. The Morgan fingerprint density at radius 2 is 1.77 bits per heavy atom. The van der Waals surface area contributed by atoms with Crippen molar-refractivity contribution in [2.24, 2.45) is 0 Å². The molecule has 0 aromatic heterocycles. The van der Waals surface area contributed by atoms with Gasteiger partial charge < -0.3 is 15.7 Å². The average Bonchev–Trinajstić information content (AvgIpc) is 3.43. The van der Waals surface area contributed by atoms with Crippen molar-refractivity contribution in [3.8, 4) is 11.1 Å². The first-order valence-corrected chi connectivity index (χ1v) is 16.1. The van der Waals surface area contributed by atoms with Crippen LogP contribution in [0.5, 0.6) is 0 Å². The van der Waals surface area contributed by atoms with E-state index in [0.29, 0.717) is 4.90 Å².